The summed E-state index contributed by atoms with van der Waals surface area (Å²) in [6.45, 7) is 0.762. The van der Waals surface area contributed by atoms with Crippen LogP contribution in [-0.2, 0) is 25.9 Å². The van der Waals surface area contributed by atoms with Crippen LogP contribution in [0.3, 0.4) is 0 Å². The fourth-order valence-corrected chi connectivity index (χ4v) is 2.74. The van der Waals surface area contributed by atoms with Crippen LogP contribution in [0.15, 0.2) is 29.1 Å². The van der Waals surface area contributed by atoms with Crippen molar-refractivity contribution in [1.82, 2.24) is 24.1 Å². The summed E-state index contributed by atoms with van der Waals surface area (Å²) < 4.78 is 4.99. The largest absolute Gasteiger partial charge is 0.338 e. The minimum atomic E-state index is 0.370. The van der Waals surface area contributed by atoms with Crippen molar-refractivity contribution in [2.45, 2.75) is 18.8 Å². The molecule has 7 heteroatoms. The number of aryl methyl sites for hydroxylation is 3. The van der Waals surface area contributed by atoms with Gasteiger partial charge in [-0.05, 0) is 22.0 Å². The van der Waals surface area contributed by atoms with E-state index in [2.05, 4.69) is 35.4 Å². The van der Waals surface area contributed by atoms with Gasteiger partial charge in [-0.1, -0.05) is 0 Å². The van der Waals surface area contributed by atoms with Gasteiger partial charge in [0.15, 0.2) is 5.65 Å². The molecule has 0 aromatic carbocycles. The van der Waals surface area contributed by atoms with Crippen LogP contribution in [0.1, 0.15) is 11.6 Å². The number of hydrogen-bond acceptors (Lipinski definition) is 3. The Morgan fingerprint density at radius 2 is 2.15 bits per heavy atom. The average Bonchev–Trinajstić information content (AvgIpc) is 2.99. The minimum Gasteiger partial charge on any atom is -0.338 e. The lowest BCUT2D eigenvalue weighted by atomic mass is 10.4. The molecule has 0 aliphatic rings. The number of rotatable bonds is 4. The average molecular weight is 355 g/mol. The number of fused-ring (bicyclic) bond motifs is 1. The molecule has 3 heterocycles. The molecule has 104 valence electrons. The maximum atomic E-state index is 5.99. The van der Waals surface area contributed by atoms with Gasteiger partial charge in [0.05, 0.1) is 5.88 Å². The second kappa shape index (κ2) is 5.54. The molecule has 0 bridgehead atoms. The number of alkyl halides is 1. The Balaban J connectivity index is 1.95. The number of imidazole rings is 2. The van der Waals surface area contributed by atoms with E-state index >= 15 is 0 Å². The third kappa shape index (κ3) is 2.45. The molecule has 0 saturated carbocycles. The lowest BCUT2D eigenvalue weighted by molar-refractivity contribution is 0.642. The summed E-state index contributed by atoms with van der Waals surface area (Å²) in [5, 5.41) is 0. The first-order chi connectivity index (χ1) is 9.69. The van der Waals surface area contributed by atoms with Gasteiger partial charge in [-0.25, -0.2) is 15.0 Å². The molecular weight excluding hydrogens is 342 g/mol. The quantitative estimate of drug-likeness (QED) is 0.677. The molecule has 3 rings (SSSR count). The molecule has 0 aliphatic carbocycles. The lowest BCUT2D eigenvalue weighted by Gasteiger charge is -2.07. The second-order valence-electron chi connectivity index (χ2n) is 4.51. The van der Waals surface area contributed by atoms with Gasteiger partial charge in [-0.3, -0.25) is 0 Å². The zero-order chi connectivity index (χ0) is 14.1. The van der Waals surface area contributed by atoms with Crippen LogP contribution in [0, 0.1) is 0 Å². The highest BCUT2D eigenvalue weighted by molar-refractivity contribution is 9.10. The normalized spacial score (nSPS) is 11.3. The molecule has 3 aromatic rings. The fourth-order valence-electron chi connectivity index (χ4n) is 2.22. The Morgan fingerprint density at radius 3 is 2.85 bits per heavy atom. The van der Waals surface area contributed by atoms with Crippen LogP contribution >= 0.6 is 27.5 Å². The summed E-state index contributed by atoms with van der Waals surface area (Å²) in [5.74, 6) is 2.24. The van der Waals surface area contributed by atoms with E-state index < -0.39 is 0 Å². The number of hydrogen-bond donors (Lipinski definition) is 0. The van der Waals surface area contributed by atoms with Crippen molar-refractivity contribution in [1.29, 1.82) is 0 Å². The molecule has 0 radical (unpaired) electrons. The molecule has 5 nitrogen and oxygen atoms in total. The summed E-state index contributed by atoms with van der Waals surface area (Å²) in [4.78, 5) is 13.3. The second-order valence-corrected chi connectivity index (χ2v) is 5.70. The predicted octanol–water partition coefficient (Wildman–Crippen LogP) is 2.91. The molecule has 0 saturated heterocycles. The third-order valence-corrected chi connectivity index (χ3v) is 3.90. The van der Waals surface area contributed by atoms with E-state index in [9.17, 15) is 0 Å². The number of nitrogens with zero attached hydrogens (tertiary/aromatic N) is 5. The first-order valence-electron chi connectivity index (χ1n) is 6.22. The molecule has 0 aliphatic heterocycles. The molecule has 0 atom stereocenters. The summed E-state index contributed by atoms with van der Waals surface area (Å²) >= 11 is 9.40. The first-order valence-corrected chi connectivity index (χ1v) is 7.54. The van der Waals surface area contributed by atoms with Crippen LogP contribution in [0.4, 0.5) is 0 Å². The molecule has 0 amide bonds. The van der Waals surface area contributed by atoms with E-state index in [-0.39, 0.29) is 0 Å². The van der Waals surface area contributed by atoms with Gasteiger partial charge in [0.2, 0.25) is 0 Å². The summed E-state index contributed by atoms with van der Waals surface area (Å²) in [6.07, 6.45) is 6.34. The SMILES string of the molecule is Cn1ccnc1CCn1c(CCl)nc2cc(Br)cnc21. The standard InChI is InChI=1S/C13H13BrClN5/c1-19-5-3-16-11(19)2-4-20-12(7-15)18-10-6-9(14)8-17-13(10)20/h3,5-6,8H,2,4,7H2,1H3. The van der Waals surface area contributed by atoms with Crippen molar-refractivity contribution < 1.29 is 0 Å². The van der Waals surface area contributed by atoms with Crippen molar-refractivity contribution in [2.24, 2.45) is 7.05 Å². The number of aromatic nitrogens is 5. The maximum absolute atomic E-state index is 5.99. The van der Waals surface area contributed by atoms with E-state index in [0.29, 0.717) is 5.88 Å². The zero-order valence-corrected chi connectivity index (χ0v) is 13.3. The van der Waals surface area contributed by atoms with E-state index in [1.54, 1.807) is 12.4 Å². The van der Waals surface area contributed by atoms with E-state index in [0.717, 1.165) is 40.3 Å². The van der Waals surface area contributed by atoms with Crippen molar-refractivity contribution in [3.8, 4) is 0 Å². The monoisotopic (exact) mass is 353 g/mol. The number of pyridine rings is 1. The summed E-state index contributed by atoms with van der Waals surface area (Å²) in [7, 11) is 1.99. The van der Waals surface area contributed by atoms with Crippen molar-refractivity contribution in [3.05, 3.63) is 40.8 Å². The highest BCUT2D eigenvalue weighted by Gasteiger charge is 2.12. The third-order valence-electron chi connectivity index (χ3n) is 3.23. The highest BCUT2D eigenvalue weighted by Crippen LogP contribution is 2.20. The Hall–Kier alpha value is -1.40. The van der Waals surface area contributed by atoms with E-state index in [1.165, 1.54) is 0 Å². The molecule has 20 heavy (non-hydrogen) atoms. The van der Waals surface area contributed by atoms with Crippen molar-refractivity contribution >= 4 is 38.7 Å². The van der Waals surface area contributed by atoms with Gasteiger partial charge in [0.25, 0.3) is 0 Å². The van der Waals surface area contributed by atoms with Gasteiger partial charge >= 0.3 is 0 Å². The molecule has 0 spiro atoms. The van der Waals surface area contributed by atoms with Gasteiger partial charge in [0, 0.05) is 43.1 Å². The highest BCUT2D eigenvalue weighted by atomic mass is 79.9. The van der Waals surface area contributed by atoms with Gasteiger partial charge < -0.3 is 9.13 Å². The molecule has 0 unspecified atom stereocenters. The van der Waals surface area contributed by atoms with Crippen LogP contribution in [0.5, 0.6) is 0 Å². The number of halogens is 2. The van der Waals surface area contributed by atoms with E-state index in [4.69, 9.17) is 11.6 Å². The van der Waals surface area contributed by atoms with E-state index in [1.807, 2.05) is 23.9 Å². The van der Waals surface area contributed by atoms with Crippen molar-refractivity contribution in [3.63, 3.8) is 0 Å². The maximum Gasteiger partial charge on any atom is 0.160 e. The van der Waals surface area contributed by atoms with Crippen LogP contribution < -0.4 is 0 Å². The summed E-state index contributed by atoms with van der Waals surface area (Å²) in [5.41, 5.74) is 1.72. The fraction of sp³-hybridized carbons (Fsp3) is 0.308. The minimum absolute atomic E-state index is 0.370. The first kappa shape index (κ1) is 13.6. The smallest absolute Gasteiger partial charge is 0.160 e. The topological polar surface area (TPSA) is 48.5 Å². The summed E-state index contributed by atoms with van der Waals surface area (Å²) in [6, 6.07) is 1.95. The van der Waals surface area contributed by atoms with Crippen molar-refractivity contribution in [2.75, 3.05) is 0 Å². The molecule has 3 aromatic heterocycles. The van der Waals surface area contributed by atoms with Crippen LogP contribution in [0.2, 0.25) is 0 Å². The van der Waals surface area contributed by atoms with Crippen LogP contribution in [0.25, 0.3) is 11.2 Å². The lowest BCUT2D eigenvalue weighted by Crippen LogP contribution is -2.08. The molecule has 0 N–H and O–H groups in total. The molecular formula is C13H13BrClN5. The zero-order valence-electron chi connectivity index (χ0n) is 10.9. The Labute approximate surface area is 129 Å². The van der Waals surface area contributed by atoms with Gasteiger partial charge in [0.1, 0.15) is 17.2 Å². The van der Waals surface area contributed by atoms with Crippen LogP contribution in [-0.4, -0.2) is 24.1 Å². The Bertz CT molecular complexity index is 748. The Morgan fingerprint density at radius 1 is 1.30 bits per heavy atom. The van der Waals surface area contributed by atoms with Gasteiger partial charge in [-0.2, -0.15) is 0 Å². The Kier molecular flexibility index (Phi) is 3.76. The predicted molar refractivity (Wildman–Crippen MR) is 81.7 cm³/mol. The molecule has 0 fully saturated rings. The van der Waals surface area contributed by atoms with Gasteiger partial charge in [-0.15, -0.1) is 11.6 Å².